The zero-order valence-corrected chi connectivity index (χ0v) is 12.1. The monoisotopic (exact) mass is 255 g/mol. The Morgan fingerprint density at radius 2 is 2.11 bits per heavy atom. The second-order valence-electron chi connectivity index (χ2n) is 6.29. The number of amides is 1. The van der Waals surface area contributed by atoms with E-state index in [2.05, 4.69) is 12.2 Å². The number of carbonyl (C=O) groups is 1. The molecule has 0 saturated heterocycles. The van der Waals surface area contributed by atoms with Crippen LogP contribution < -0.4 is 5.32 Å². The van der Waals surface area contributed by atoms with E-state index in [1.165, 1.54) is 25.7 Å². The molecule has 1 fully saturated rings. The summed E-state index contributed by atoms with van der Waals surface area (Å²) in [5.74, 6) is 1.77. The van der Waals surface area contributed by atoms with Gasteiger partial charge in [0.2, 0.25) is 5.91 Å². The van der Waals surface area contributed by atoms with E-state index in [1.807, 2.05) is 13.8 Å². The lowest BCUT2D eigenvalue weighted by molar-refractivity contribution is -0.122. The zero-order chi connectivity index (χ0) is 13.5. The van der Waals surface area contributed by atoms with Crippen LogP contribution in [0, 0.1) is 17.8 Å². The van der Waals surface area contributed by atoms with E-state index in [0.29, 0.717) is 25.3 Å². The van der Waals surface area contributed by atoms with Gasteiger partial charge >= 0.3 is 0 Å². The molecule has 0 aromatic heterocycles. The zero-order valence-electron chi connectivity index (χ0n) is 12.1. The van der Waals surface area contributed by atoms with Gasteiger partial charge in [0.1, 0.15) is 0 Å². The predicted molar refractivity (Wildman–Crippen MR) is 74.2 cm³/mol. The summed E-state index contributed by atoms with van der Waals surface area (Å²) in [6.07, 6.45) is 6.00. The number of hydrogen-bond acceptors (Lipinski definition) is 2. The van der Waals surface area contributed by atoms with E-state index in [0.717, 1.165) is 5.92 Å². The van der Waals surface area contributed by atoms with E-state index >= 15 is 0 Å². The predicted octanol–water partition coefficient (Wildman–Crippen LogP) is 2.73. The van der Waals surface area contributed by atoms with Gasteiger partial charge in [-0.15, -0.1) is 0 Å². The molecule has 1 amide bonds. The van der Waals surface area contributed by atoms with Crippen molar-refractivity contribution in [1.29, 1.82) is 0 Å². The van der Waals surface area contributed by atoms with E-state index in [4.69, 9.17) is 0 Å². The lowest BCUT2D eigenvalue weighted by atomic mass is 9.81. The number of aliphatic hydroxyl groups excluding tert-OH is 1. The van der Waals surface area contributed by atoms with Crippen molar-refractivity contribution in [2.24, 2.45) is 17.8 Å². The Kier molecular flexibility index (Phi) is 6.69. The molecule has 1 rings (SSSR count). The van der Waals surface area contributed by atoms with E-state index in [1.54, 1.807) is 0 Å². The summed E-state index contributed by atoms with van der Waals surface area (Å²) in [6, 6.07) is 0. The lowest BCUT2D eigenvalue weighted by Gasteiger charge is -2.26. The Labute approximate surface area is 111 Å². The molecule has 0 bridgehead atoms. The van der Waals surface area contributed by atoms with Crippen LogP contribution in [-0.4, -0.2) is 23.7 Å². The molecule has 0 aliphatic heterocycles. The summed E-state index contributed by atoms with van der Waals surface area (Å²) >= 11 is 0. The number of carbonyl (C=O) groups excluding carboxylic acids is 1. The van der Waals surface area contributed by atoms with Crippen molar-refractivity contribution in [3.8, 4) is 0 Å². The second-order valence-corrected chi connectivity index (χ2v) is 6.29. The summed E-state index contributed by atoms with van der Waals surface area (Å²) in [7, 11) is 0. The summed E-state index contributed by atoms with van der Waals surface area (Å²) in [5, 5.41) is 12.6. The largest absolute Gasteiger partial charge is 0.393 e. The molecule has 3 heteroatoms. The summed E-state index contributed by atoms with van der Waals surface area (Å²) < 4.78 is 0. The average molecular weight is 255 g/mol. The summed E-state index contributed by atoms with van der Waals surface area (Å²) in [4.78, 5) is 11.8. The molecule has 18 heavy (non-hydrogen) atoms. The van der Waals surface area contributed by atoms with Gasteiger partial charge in [-0.1, -0.05) is 33.6 Å². The van der Waals surface area contributed by atoms with Crippen molar-refractivity contribution in [2.75, 3.05) is 6.54 Å². The molecule has 1 aliphatic carbocycles. The highest BCUT2D eigenvalue weighted by atomic mass is 16.3. The SMILES string of the molecule is CC1CCCC(CC(=O)NCCC(O)C(C)C)C1. The molecule has 1 saturated carbocycles. The first-order chi connectivity index (χ1) is 8.49. The highest BCUT2D eigenvalue weighted by Gasteiger charge is 2.21. The fourth-order valence-electron chi connectivity index (χ4n) is 2.77. The standard InChI is InChI=1S/C15H29NO2/c1-11(2)14(17)7-8-16-15(18)10-13-6-4-5-12(3)9-13/h11-14,17H,4-10H2,1-3H3,(H,16,18). The van der Waals surface area contributed by atoms with Crippen LogP contribution in [0.3, 0.4) is 0 Å². The molecule has 0 aromatic carbocycles. The maximum atomic E-state index is 11.8. The van der Waals surface area contributed by atoms with Crippen LogP contribution in [-0.2, 0) is 4.79 Å². The van der Waals surface area contributed by atoms with Crippen molar-refractivity contribution in [2.45, 2.75) is 65.4 Å². The number of aliphatic hydroxyl groups is 1. The fourth-order valence-corrected chi connectivity index (χ4v) is 2.77. The molecule has 0 heterocycles. The van der Waals surface area contributed by atoms with Crippen LogP contribution in [0.25, 0.3) is 0 Å². The number of rotatable bonds is 6. The molecule has 0 radical (unpaired) electrons. The third-order valence-electron chi connectivity index (χ3n) is 4.05. The third kappa shape index (κ3) is 5.85. The van der Waals surface area contributed by atoms with Gasteiger partial charge in [-0.2, -0.15) is 0 Å². The Morgan fingerprint density at radius 3 is 2.72 bits per heavy atom. The molecule has 3 nitrogen and oxygen atoms in total. The van der Waals surface area contributed by atoms with Gasteiger partial charge in [0.25, 0.3) is 0 Å². The van der Waals surface area contributed by atoms with E-state index in [9.17, 15) is 9.90 Å². The van der Waals surface area contributed by atoms with Gasteiger partial charge in [-0.3, -0.25) is 4.79 Å². The molecule has 3 atom stereocenters. The maximum Gasteiger partial charge on any atom is 0.220 e. The van der Waals surface area contributed by atoms with E-state index < -0.39 is 0 Å². The summed E-state index contributed by atoms with van der Waals surface area (Å²) in [5.41, 5.74) is 0. The molecule has 2 N–H and O–H groups in total. The van der Waals surface area contributed by atoms with Gasteiger partial charge in [-0.05, 0) is 37.0 Å². The minimum atomic E-state index is -0.306. The van der Waals surface area contributed by atoms with Crippen molar-refractivity contribution < 1.29 is 9.90 Å². The minimum absolute atomic E-state index is 0.157. The van der Waals surface area contributed by atoms with Crippen LogP contribution in [0.1, 0.15) is 59.3 Å². The van der Waals surface area contributed by atoms with E-state index in [-0.39, 0.29) is 17.9 Å². The smallest absolute Gasteiger partial charge is 0.220 e. The maximum absolute atomic E-state index is 11.8. The molecule has 1 aliphatic rings. The number of hydrogen-bond donors (Lipinski definition) is 2. The molecule has 3 unspecified atom stereocenters. The number of nitrogens with one attached hydrogen (secondary N) is 1. The Balaban J connectivity index is 2.13. The Bertz CT molecular complexity index is 253. The highest BCUT2D eigenvalue weighted by Crippen LogP contribution is 2.30. The Morgan fingerprint density at radius 1 is 1.39 bits per heavy atom. The molecule has 106 valence electrons. The quantitative estimate of drug-likeness (QED) is 0.766. The first-order valence-electron chi connectivity index (χ1n) is 7.43. The van der Waals surface area contributed by atoms with Crippen molar-refractivity contribution in [3.63, 3.8) is 0 Å². The molecule has 0 spiro atoms. The second kappa shape index (κ2) is 7.78. The van der Waals surface area contributed by atoms with Crippen LogP contribution in [0.15, 0.2) is 0 Å². The van der Waals surface area contributed by atoms with Crippen LogP contribution >= 0.6 is 0 Å². The molecular formula is C15H29NO2. The van der Waals surface area contributed by atoms with Crippen molar-refractivity contribution in [1.82, 2.24) is 5.32 Å². The van der Waals surface area contributed by atoms with Crippen molar-refractivity contribution in [3.05, 3.63) is 0 Å². The first kappa shape index (κ1) is 15.5. The van der Waals surface area contributed by atoms with Gasteiger partial charge in [0.05, 0.1) is 6.10 Å². The van der Waals surface area contributed by atoms with Crippen LogP contribution in [0.2, 0.25) is 0 Å². The van der Waals surface area contributed by atoms with Gasteiger partial charge in [-0.25, -0.2) is 0 Å². The first-order valence-corrected chi connectivity index (χ1v) is 7.43. The van der Waals surface area contributed by atoms with Gasteiger partial charge in [0, 0.05) is 13.0 Å². The molecule has 0 aromatic rings. The van der Waals surface area contributed by atoms with Crippen molar-refractivity contribution >= 4 is 5.91 Å². The van der Waals surface area contributed by atoms with Crippen LogP contribution in [0.4, 0.5) is 0 Å². The normalized spacial score (nSPS) is 26.1. The Hall–Kier alpha value is -0.570. The lowest BCUT2D eigenvalue weighted by Crippen LogP contribution is -2.30. The average Bonchev–Trinajstić information content (AvgIpc) is 2.28. The fraction of sp³-hybridized carbons (Fsp3) is 0.933. The minimum Gasteiger partial charge on any atom is -0.393 e. The van der Waals surface area contributed by atoms with Gasteiger partial charge < -0.3 is 10.4 Å². The third-order valence-corrected chi connectivity index (χ3v) is 4.05. The highest BCUT2D eigenvalue weighted by molar-refractivity contribution is 5.76. The van der Waals surface area contributed by atoms with Crippen LogP contribution in [0.5, 0.6) is 0 Å². The van der Waals surface area contributed by atoms with Gasteiger partial charge in [0.15, 0.2) is 0 Å². The molecular weight excluding hydrogens is 226 g/mol. The summed E-state index contributed by atoms with van der Waals surface area (Å²) in [6.45, 7) is 6.87. The topological polar surface area (TPSA) is 49.3 Å².